The molecule has 0 bridgehead atoms. The third-order valence-corrected chi connectivity index (χ3v) is 3.10. The van der Waals surface area contributed by atoms with Crippen LogP contribution in [0.2, 0.25) is 0 Å². The number of nitrogens with zero attached hydrogens (tertiary/aromatic N) is 2. The van der Waals surface area contributed by atoms with Gasteiger partial charge in [0.25, 0.3) is 0 Å². The largest absolute Gasteiger partial charge is 0.338 e. The highest BCUT2D eigenvalue weighted by Gasteiger charge is 2.25. The Morgan fingerprint density at radius 2 is 2.19 bits per heavy atom. The van der Waals surface area contributed by atoms with Crippen LogP contribution in [-0.2, 0) is 4.79 Å². The minimum absolute atomic E-state index is 0.0120. The van der Waals surface area contributed by atoms with E-state index in [9.17, 15) is 4.79 Å². The molecule has 0 radical (unpaired) electrons. The molecule has 4 heteroatoms. The Kier molecular flexibility index (Phi) is 5.49. The van der Waals surface area contributed by atoms with Crippen LogP contribution in [0.25, 0.3) is 0 Å². The summed E-state index contributed by atoms with van der Waals surface area (Å²) in [4.78, 5) is 16.3. The van der Waals surface area contributed by atoms with Gasteiger partial charge in [-0.2, -0.15) is 0 Å². The second-order valence-electron chi connectivity index (χ2n) is 4.13. The van der Waals surface area contributed by atoms with Crippen LogP contribution in [0.15, 0.2) is 12.7 Å². The molecule has 1 saturated heterocycles. The van der Waals surface area contributed by atoms with Crippen molar-refractivity contribution in [3.63, 3.8) is 0 Å². The van der Waals surface area contributed by atoms with E-state index < -0.39 is 0 Å². The molecule has 1 fully saturated rings. The highest BCUT2D eigenvalue weighted by Crippen LogP contribution is 2.05. The monoisotopic (exact) mass is 225 g/mol. The lowest BCUT2D eigenvalue weighted by Crippen LogP contribution is -2.53. The molecule has 0 aromatic heterocycles. The summed E-state index contributed by atoms with van der Waals surface area (Å²) in [6.07, 6.45) is 1.78. The van der Waals surface area contributed by atoms with Gasteiger partial charge in [0, 0.05) is 39.3 Å². The molecule has 1 N–H and O–H groups in total. The number of carbonyl (C=O) groups is 1. The average molecular weight is 225 g/mol. The summed E-state index contributed by atoms with van der Waals surface area (Å²) in [6.45, 7) is 13.0. The van der Waals surface area contributed by atoms with E-state index in [0.29, 0.717) is 6.54 Å². The fraction of sp³-hybridized carbons (Fsp3) is 0.750. The predicted octanol–water partition coefficient (Wildman–Crippen LogP) is 0.315. The summed E-state index contributed by atoms with van der Waals surface area (Å²) in [5.74, 6) is 0.212. The summed E-state index contributed by atoms with van der Waals surface area (Å²) in [5.41, 5.74) is 0. The summed E-state index contributed by atoms with van der Waals surface area (Å²) in [7, 11) is 0. The van der Waals surface area contributed by atoms with E-state index in [0.717, 1.165) is 32.7 Å². The van der Waals surface area contributed by atoms with Gasteiger partial charge in [0.15, 0.2) is 0 Å². The molecule has 1 heterocycles. The molecule has 0 aromatic rings. The van der Waals surface area contributed by atoms with Crippen molar-refractivity contribution in [2.75, 3.05) is 39.3 Å². The molecule has 16 heavy (non-hydrogen) atoms. The minimum atomic E-state index is -0.0120. The van der Waals surface area contributed by atoms with E-state index in [1.165, 1.54) is 0 Å². The fourth-order valence-electron chi connectivity index (χ4n) is 2.02. The Bertz CT molecular complexity index is 236. The number of nitrogens with one attached hydrogen (secondary N) is 1. The standard InChI is InChI=1S/C12H23N3O/c1-4-8-14(5-2)12(16)11(3)15-9-6-13-7-10-15/h4,11,13H,1,5-10H2,2-3H3. The molecule has 4 nitrogen and oxygen atoms in total. The van der Waals surface area contributed by atoms with E-state index in [2.05, 4.69) is 16.8 Å². The summed E-state index contributed by atoms with van der Waals surface area (Å²) in [6, 6.07) is -0.0120. The topological polar surface area (TPSA) is 35.6 Å². The van der Waals surface area contributed by atoms with Crippen molar-refractivity contribution in [1.82, 2.24) is 15.1 Å². The zero-order chi connectivity index (χ0) is 12.0. The third-order valence-electron chi connectivity index (χ3n) is 3.10. The van der Waals surface area contributed by atoms with Gasteiger partial charge in [-0.15, -0.1) is 6.58 Å². The first-order valence-corrected chi connectivity index (χ1v) is 6.05. The zero-order valence-electron chi connectivity index (χ0n) is 10.4. The molecule has 1 aliphatic rings. The summed E-state index contributed by atoms with van der Waals surface area (Å²) in [5, 5.41) is 3.29. The zero-order valence-corrected chi connectivity index (χ0v) is 10.4. The lowest BCUT2D eigenvalue weighted by atomic mass is 10.2. The lowest BCUT2D eigenvalue weighted by molar-refractivity contribution is -0.135. The maximum absolute atomic E-state index is 12.2. The van der Waals surface area contributed by atoms with Crippen molar-refractivity contribution in [2.45, 2.75) is 19.9 Å². The number of rotatable bonds is 5. The Hall–Kier alpha value is -0.870. The van der Waals surface area contributed by atoms with Gasteiger partial charge in [-0.1, -0.05) is 6.08 Å². The number of hydrogen-bond acceptors (Lipinski definition) is 3. The molecule has 0 spiro atoms. The van der Waals surface area contributed by atoms with Crippen LogP contribution in [0.1, 0.15) is 13.8 Å². The second-order valence-corrected chi connectivity index (χ2v) is 4.13. The smallest absolute Gasteiger partial charge is 0.239 e. The Balaban J connectivity index is 2.52. The number of likely N-dealkylation sites (N-methyl/N-ethyl adjacent to an activating group) is 1. The van der Waals surface area contributed by atoms with Gasteiger partial charge in [-0.25, -0.2) is 0 Å². The highest BCUT2D eigenvalue weighted by molar-refractivity contribution is 5.81. The quantitative estimate of drug-likeness (QED) is 0.684. The van der Waals surface area contributed by atoms with Gasteiger partial charge in [-0.05, 0) is 13.8 Å². The Morgan fingerprint density at radius 1 is 1.56 bits per heavy atom. The van der Waals surface area contributed by atoms with E-state index in [4.69, 9.17) is 0 Å². The van der Waals surface area contributed by atoms with Crippen LogP contribution in [0.4, 0.5) is 0 Å². The third kappa shape index (κ3) is 3.32. The number of hydrogen-bond donors (Lipinski definition) is 1. The van der Waals surface area contributed by atoms with Crippen molar-refractivity contribution in [1.29, 1.82) is 0 Å². The molecule has 1 atom stereocenters. The van der Waals surface area contributed by atoms with Crippen molar-refractivity contribution in [2.24, 2.45) is 0 Å². The van der Waals surface area contributed by atoms with Crippen LogP contribution < -0.4 is 5.32 Å². The number of piperazine rings is 1. The molecule has 1 amide bonds. The SMILES string of the molecule is C=CCN(CC)C(=O)C(C)N1CCNCC1. The maximum Gasteiger partial charge on any atom is 0.239 e. The summed E-state index contributed by atoms with van der Waals surface area (Å²) < 4.78 is 0. The van der Waals surface area contributed by atoms with Gasteiger partial charge < -0.3 is 10.2 Å². The first kappa shape index (κ1) is 13.2. The van der Waals surface area contributed by atoms with Crippen molar-refractivity contribution in [3.8, 4) is 0 Å². The molecule has 0 aromatic carbocycles. The van der Waals surface area contributed by atoms with Gasteiger partial charge in [-0.3, -0.25) is 9.69 Å². The second kappa shape index (κ2) is 6.66. The molecule has 0 aliphatic carbocycles. The van der Waals surface area contributed by atoms with Crippen LogP contribution in [-0.4, -0.2) is 61.0 Å². The number of amides is 1. The van der Waals surface area contributed by atoms with Crippen molar-refractivity contribution >= 4 is 5.91 Å². The van der Waals surface area contributed by atoms with Gasteiger partial charge >= 0.3 is 0 Å². The van der Waals surface area contributed by atoms with Crippen LogP contribution >= 0.6 is 0 Å². The predicted molar refractivity (Wildman–Crippen MR) is 66.4 cm³/mol. The molecule has 1 unspecified atom stereocenters. The van der Waals surface area contributed by atoms with Gasteiger partial charge in [0.1, 0.15) is 0 Å². The molecular formula is C12H23N3O. The maximum atomic E-state index is 12.2. The van der Waals surface area contributed by atoms with Gasteiger partial charge in [0.05, 0.1) is 6.04 Å². The first-order chi connectivity index (χ1) is 7.70. The lowest BCUT2D eigenvalue weighted by Gasteiger charge is -2.34. The molecule has 1 rings (SSSR count). The average Bonchev–Trinajstić information content (AvgIpc) is 2.35. The molecule has 92 valence electrons. The van der Waals surface area contributed by atoms with Crippen LogP contribution in [0.5, 0.6) is 0 Å². The molecule has 1 aliphatic heterocycles. The highest BCUT2D eigenvalue weighted by atomic mass is 16.2. The van der Waals surface area contributed by atoms with Crippen molar-refractivity contribution in [3.05, 3.63) is 12.7 Å². The normalized spacial score (nSPS) is 19.1. The van der Waals surface area contributed by atoms with E-state index in [-0.39, 0.29) is 11.9 Å². The Morgan fingerprint density at radius 3 is 2.69 bits per heavy atom. The number of carbonyl (C=O) groups excluding carboxylic acids is 1. The van der Waals surface area contributed by atoms with E-state index in [1.54, 1.807) is 6.08 Å². The van der Waals surface area contributed by atoms with Crippen LogP contribution in [0.3, 0.4) is 0 Å². The minimum Gasteiger partial charge on any atom is -0.338 e. The molecular weight excluding hydrogens is 202 g/mol. The van der Waals surface area contributed by atoms with Gasteiger partial charge in [0.2, 0.25) is 5.91 Å². The van der Waals surface area contributed by atoms with E-state index in [1.807, 2.05) is 18.7 Å². The fourth-order valence-corrected chi connectivity index (χ4v) is 2.02. The van der Waals surface area contributed by atoms with Crippen LogP contribution in [0, 0.1) is 0 Å². The first-order valence-electron chi connectivity index (χ1n) is 6.05. The van der Waals surface area contributed by atoms with E-state index >= 15 is 0 Å². The summed E-state index contributed by atoms with van der Waals surface area (Å²) >= 11 is 0. The Labute approximate surface area is 98.3 Å². The molecule has 0 saturated carbocycles. The van der Waals surface area contributed by atoms with Crippen molar-refractivity contribution < 1.29 is 4.79 Å².